The number of methoxy groups -OCH3 is 2. The van der Waals surface area contributed by atoms with Gasteiger partial charge < -0.3 is 24.8 Å². The molecular formula is C22H38IN3O3. The lowest BCUT2D eigenvalue weighted by atomic mass is 9.67. The van der Waals surface area contributed by atoms with E-state index < -0.39 is 0 Å². The molecule has 0 radical (unpaired) electrons. The molecule has 7 heteroatoms. The van der Waals surface area contributed by atoms with Crippen LogP contribution in [0.15, 0.2) is 23.2 Å². The number of nitrogens with one attached hydrogen (secondary N) is 2. The average Bonchev–Trinajstić information content (AvgIpc) is 2.69. The first kappa shape index (κ1) is 25.8. The van der Waals surface area contributed by atoms with Crippen LogP contribution in [0, 0.1) is 5.41 Å². The summed E-state index contributed by atoms with van der Waals surface area (Å²) in [5.74, 6) is 2.40. The maximum Gasteiger partial charge on any atom is 0.191 e. The molecule has 2 N–H and O–H groups in total. The standard InChI is InChI=1S/C22H37N3O3.HI/c1-5-13-28-19-9-8-18(15-20(19)27-4)16-24-21(23-6-2)25-17-22(10-7-11-22)12-14-26-3;/h8-9,15H,5-7,10-14,16-17H2,1-4H3,(H2,23,24,25);1H. The summed E-state index contributed by atoms with van der Waals surface area (Å²) in [5.41, 5.74) is 1.45. The van der Waals surface area contributed by atoms with Crippen LogP contribution in [0.2, 0.25) is 0 Å². The van der Waals surface area contributed by atoms with E-state index in [0.717, 1.165) is 55.6 Å². The van der Waals surface area contributed by atoms with Crippen LogP contribution in [0.4, 0.5) is 0 Å². The van der Waals surface area contributed by atoms with Crippen molar-refractivity contribution in [3.63, 3.8) is 0 Å². The van der Waals surface area contributed by atoms with E-state index in [2.05, 4.69) is 24.5 Å². The molecule has 1 aliphatic carbocycles. The van der Waals surface area contributed by atoms with E-state index in [0.29, 0.717) is 18.6 Å². The van der Waals surface area contributed by atoms with Crippen molar-refractivity contribution in [3.8, 4) is 11.5 Å². The van der Waals surface area contributed by atoms with Crippen LogP contribution in [0.1, 0.15) is 51.5 Å². The van der Waals surface area contributed by atoms with Crippen LogP contribution in [-0.4, -0.2) is 46.5 Å². The Morgan fingerprint density at radius 1 is 1.10 bits per heavy atom. The van der Waals surface area contributed by atoms with E-state index in [9.17, 15) is 0 Å². The first-order valence-electron chi connectivity index (χ1n) is 10.5. The van der Waals surface area contributed by atoms with Crippen LogP contribution in [0.5, 0.6) is 11.5 Å². The minimum Gasteiger partial charge on any atom is -0.493 e. The first-order chi connectivity index (χ1) is 13.7. The Balaban J connectivity index is 0.00000420. The molecule has 1 saturated carbocycles. The number of hydrogen-bond acceptors (Lipinski definition) is 4. The van der Waals surface area contributed by atoms with Gasteiger partial charge in [0.2, 0.25) is 0 Å². The summed E-state index contributed by atoms with van der Waals surface area (Å²) >= 11 is 0. The molecule has 1 aliphatic rings. The number of ether oxygens (including phenoxy) is 3. The van der Waals surface area contributed by atoms with Crippen molar-refractivity contribution in [3.05, 3.63) is 23.8 Å². The highest BCUT2D eigenvalue weighted by Crippen LogP contribution is 2.43. The predicted molar refractivity (Wildman–Crippen MR) is 130 cm³/mol. The lowest BCUT2D eigenvalue weighted by Gasteiger charge is -2.42. The quantitative estimate of drug-likeness (QED) is 0.244. The van der Waals surface area contributed by atoms with Gasteiger partial charge in [-0.25, -0.2) is 4.99 Å². The number of benzene rings is 1. The highest BCUT2D eigenvalue weighted by atomic mass is 127. The number of nitrogens with zero attached hydrogens (tertiary/aromatic N) is 1. The van der Waals surface area contributed by atoms with Crippen LogP contribution >= 0.6 is 24.0 Å². The van der Waals surface area contributed by atoms with Crippen molar-refractivity contribution in [2.75, 3.05) is 40.5 Å². The van der Waals surface area contributed by atoms with E-state index in [1.165, 1.54) is 19.3 Å². The fourth-order valence-corrected chi connectivity index (χ4v) is 3.44. The average molecular weight is 519 g/mol. The van der Waals surface area contributed by atoms with Gasteiger partial charge in [-0.1, -0.05) is 19.4 Å². The SMILES string of the molecule is CCCOc1ccc(CN=C(NCC)NCC2(CCOC)CCC2)cc1OC.I. The number of halogens is 1. The number of hydrogen-bond donors (Lipinski definition) is 2. The highest BCUT2D eigenvalue weighted by Gasteiger charge is 2.36. The molecule has 29 heavy (non-hydrogen) atoms. The Kier molecular flexibility index (Phi) is 12.4. The van der Waals surface area contributed by atoms with Gasteiger partial charge in [-0.2, -0.15) is 0 Å². The number of aliphatic imine (C=N–C) groups is 1. The molecule has 0 unspecified atom stereocenters. The van der Waals surface area contributed by atoms with Crippen molar-refractivity contribution >= 4 is 29.9 Å². The molecule has 2 rings (SSSR count). The Morgan fingerprint density at radius 3 is 2.48 bits per heavy atom. The minimum atomic E-state index is 0. The second-order valence-corrected chi connectivity index (χ2v) is 7.48. The van der Waals surface area contributed by atoms with Crippen molar-refractivity contribution < 1.29 is 14.2 Å². The summed E-state index contributed by atoms with van der Waals surface area (Å²) in [4.78, 5) is 4.76. The molecule has 0 bridgehead atoms. The van der Waals surface area contributed by atoms with Gasteiger partial charge in [-0.05, 0) is 55.7 Å². The van der Waals surface area contributed by atoms with E-state index in [-0.39, 0.29) is 24.0 Å². The lowest BCUT2D eigenvalue weighted by Crippen LogP contribution is -2.46. The smallest absolute Gasteiger partial charge is 0.191 e. The molecule has 0 atom stereocenters. The number of guanidine groups is 1. The third-order valence-electron chi connectivity index (χ3n) is 5.34. The van der Waals surface area contributed by atoms with E-state index in [4.69, 9.17) is 19.2 Å². The summed E-state index contributed by atoms with van der Waals surface area (Å²) in [6.45, 7) is 8.05. The van der Waals surface area contributed by atoms with Gasteiger partial charge >= 0.3 is 0 Å². The molecule has 0 aromatic heterocycles. The van der Waals surface area contributed by atoms with E-state index in [1.807, 2.05) is 18.2 Å². The molecule has 0 saturated heterocycles. The molecule has 6 nitrogen and oxygen atoms in total. The van der Waals surface area contributed by atoms with Crippen molar-refractivity contribution in [2.45, 2.75) is 52.5 Å². The monoisotopic (exact) mass is 519 g/mol. The normalized spacial score (nSPS) is 15.1. The van der Waals surface area contributed by atoms with Gasteiger partial charge in [0, 0.05) is 26.8 Å². The minimum absolute atomic E-state index is 0. The molecule has 1 aromatic carbocycles. The van der Waals surface area contributed by atoms with Crippen LogP contribution < -0.4 is 20.1 Å². The Labute approximate surface area is 193 Å². The highest BCUT2D eigenvalue weighted by molar-refractivity contribution is 14.0. The van der Waals surface area contributed by atoms with Crippen LogP contribution in [0.25, 0.3) is 0 Å². The molecule has 1 fully saturated rings. The van der Waals surface area contributed by atoms with Crippen molar-refractivity contribution in [1.82, 2.24) is 10.6 Å². The molecule has 166 valence electrons. The van der Waals surface area contributed by atoms with Crippen LogP contribution in [0.3, 0.4) is 0 Å². The zero-order valence-electron chi connectivity index (χ0n) is 18.4. The Bertz CT molecular complexity index is 621. The third-order valence-corrected chi connectivity index (χ3v) is 5.34. The largest absolute Gasteiger partial charge is 0.493 e. The van der Waals surface area contributed by atoms with Gasteiger partial charge in [0.15, 0.2) is 17.5 Å². The van der Waals surface area contributed by atoms with E-state index in [1.54, 1.807) is 14.2 Å². The zero-order valence-corrected chi connectivity index (χ0v) is 20.7. The van der Waals surface area contributed by atoms with E-state index >= 15 is 0 Å². The third kappa shape index (κ3) is 8.20. The van der Waals surface area contributed by atoms with Gasteiger partial charge in [0.1, 0.15) is 0 Å². The predicted octanol–water partition coefficient (Wildman–Crippen LogP) is 4.36. The van der Waals surface area contributed by atoms with Crippen molar-refractivity contribution in [2.24, 2.45) is 10.4 Å². The molecule has 0 aliphatic heterocycles. The van der Waals surface area contributed by atoms with Crippen LogP contribution in [-0.2, 0) is 11.3 Å². The molecular weight excluding hydrogens is 481 g/mol. The second-order valence-electron chi connectivity index (χ2n) is 7.48. The Hall–Kier alpha value is -1.22. The molecule has 0 spiro atoms. The summed E-state index contributed by atoms with van der Waals surface area (Å²) in [6, 6.07) is 6.02. The van der Waals surface area contributed by atoms with Gasteiger partial charge in [0.25, 0.3) is 0 Å². The lowest BCUT2D eigenvalue weighted by molar-refractivity contribution is 0.0732. The Morgan fingerprint density at radius 2 is 1.90 bits per heavy atom. The summed E-state index contributed by atoms with van der Waals surface area (Å²) in [6.07, 6.45) is 5.91. The summed E-state index contributed by atoms with van der Waals surface area (Å²) < 4.78 is 16.5. The number of rotatable bonds is 12. The molecule has 0 amide bonds. The second kappa shape index (κ2) is 13.9. The molecule has 0 heterocycles. The summed E-state index contributed by atoms with van der Waals surface area (Å²) in [5, 5.41) is 6.89. The first-order valence-corrected chi connectivity index (χ1v) is 10.5. The molecule has 1 aromatic rings. The van der Waals surface area contributed by atoms with Gasteiger partial charge in [-0.3, -0.25) is 0 Å². The fraction of sp³-hybridized carbons (Fsp3) is 0.682. The maximum absolute atomic E-state index is 5.73. The maximum atomic E-state index is 5.73. The van der Waals surface area contributed by atoms with Gasteiger partial charge in [0.05, 0.1) is 20.3 Å². The van der Waals surface area contributed by atoms with Gasteiger partial charge in [-0.15, -0.1) is 24.0 Å². The fourth-order valence-electron chi connectivity index (χ4n) is 3.44. The zero-order chi connectivity index (χ0) is 20.2. The van der Waals surface area contributed by atoms with Crippen molar-refractivity contribution in [1.29, 1.82) is 0 Å². The summed E-state index contributed by atoms with van der Waals surface area (Å²) in [7, 11) is 3.45. The topological polar surface area (TPSA) is 64.1 Å².